The number of anilines is 1. The molecule has 1 saturated carbocycles. The first kappa shape index (κ1) is 13.4. The summed E-state index contributed by atoms with van der Waals surface area (Å²) in [7, 11) is 4.25. The summed E-state index contributed by atoms with van der Waals surface area (Å²) in [6, 6.07) is 9.41. The van der Waals surface area contributed by atoms with Crippen LogP contribution in [0.3, 0.4) is 0 Å². The van der Waals surface area contributed by atoms with E-state index < -0.39 is 0 Å². The first-order chi connectivity index (χ1) is 8.70. The summed E-state index contributed by atoms with van der Waals surface area (Å²) in [4.78, 5) is 2.23. The van der Waals surface area contributed by atoms with Crippen molar-refractivity contribution in [3.63, 3.8) is 0 Å². The van der Waals surface area contributed by atoms with E-state index in [1.165, 1.54) is 36.9 Å². The zero-order valence-corrected chi connectivity index (χ0v) is 11.9. The molecule has 1 aromatic rings. The fourth-order valence-corrected chi connectivity index (χ4v) is 3.05. The summed E-state index contributed by atoms with van der Waals surface area (Å²) >= 11 is 0. The van der Waals surface area contributed by atoms with Gasteiger partial charge in [-0.15, -0.1) is 0 Å². The van der Waals surface area contributed by atoms with Crippen LogP contribution in [0, 0.1) is 5.92 Å². The molecule has 0 aliphatic heterocycles. The topological polar surface area (TPSA) is 15.3 Å². The number of rotatable bonds is 5. The monoisotopic (exact) mass is 246 g/mol. The number of hydrogen-bond acceptors (Lipinski definition) is 2. The van der Waals surface area contributed by atoms with E-state index in [-0.39, 0.29) is 0 Å². The molecule has 2 nitrogen and oxygen atoms in total. The lowest BCUT2D eigenvalue weighted by molar-refractivity contribution is 0.402. The summed E-state index contributed by atoms with van der Waals surface area (Å²) in [6.07, 6.45) is 5.40. The lowest BCUT2D eigenvalue weighted by Crippen LogP contribution is -2.24. The van der Waals surface area contributed by atoms with E-state index in [9.17, 15) is 0 Å². The highest BCUT2D eigenvalue weighted by atomic mass is 15.1. The molecule has 2 rings (SSSR count). The van der Waals surface area contributed by atoms with E-state index in [4.69, 9.17) is 0 Å². The predicted molar refractivity (Wildman–Crippen MR) is 78.9 cm³/mol. The Morgan fingerprint density at radius 2 is 2.00 bits per heavy atom. The summed E-state index contributed by atoms with van der Waals surface area (Å²) in [5.74, 6) is 0.859. The van der Waals surface area contributed by atoms with Crippen molar-refractivity contribution < 1.29 is 0 Å². The van der Waals surface area contributed by atoms with Crippen LogP contribution >= 0.6 is 0 Å². The zero-order valence-electron chi connectivity index (χ0n) is 11.9. The smallest absolute Gasteiger partial charge is 0.0388 e. The molecule has 2 unspecified atom stereocenters. The van der Waals surface area contributed by atoms with Gasteiger partial charge in [-0.05, 0) is 44.5 Å². The van der Waals surface area contributed by atoms with Crippen molar-refractivity contribution >= 4 is 5.69 Å². The van der Waals surface area contributed by atoms with Gasteiger partial charge < -0.3 is 10.2 Å². The highest BCUT2D eigenvalue weighted by Gasteiger charge is 2.25. The lowest BCUT2D eigenvalue weighted by atomic mass is 10.00. The zero-order chi connectivity index (χ0) is 13.0. The van der Waals surface area contributed by atoms with E-state index in [1.807, 2.05) is 0 Å². The molecule has 0 amide bonds. The van der Waals surface area contributed by atoms with Crippen molar-refractivity contribution in [1.29, 1.82) is 0 Å². The Labute approximate surface area is 111 Å². The van der Waals surface area contributed by atoms with Crippen molar-refractivity contribution in [1.82, 2.24) is 4.90 Å². The van der Waals surface area contributed by atoms with Crippen LogP contribution in [0.4, 0.5) is 5.69 Å². The van der Waals surface area contributed by atoms with E-state index in [2.05, 4.69) is 55.5 Å². The molecular weight excluding hydrogens is 220 g/mol. The third-order valence-corrected chi connectivity index (χ3v) is 4.03. The summed E-state index contributed by atoms with van der Waals surface area (Å²) in [5, 5.41) is 3.79. The largest absolute Gasteiger partial charge is 0.382 e. The summed E-state index contributed by atoms with van der Waals surface area (Å²) in [6.45, 7) is 3.32. The predicted octanol–water partition coefficient (Wildman–Crippen LogP) is 3.74. The molecule has 1 aromatic carbocycles. The van der Waals surface area contributed by atoms with Gasteiger partial charge in [0.15, 0.2) is 0 Å². The van der Waals surface area contributed by atoms with Crippen LogP contribution in [0.25, 0.3) is 0 Å². The number of nitrogens with one attached hydrogen (secondary N) is 1. The number of hydrogen-bond donors (Lipinski definition) is 1. The van der Waals surface area contributed by atoms with Crippen molar-refractivity contribution in [2.45, 2.75) is 45.2 Å². The maximum absolute atomic E-state index is 3.79. The van der Waals surface area contributed by atoms with Gasteiger partial charge in [0.2, 0.25) is 0 Å². The van der Waals surface area contributed by atoms with Crippen LogP contribution in [0.5, 0.6) is 0 Å². The molecule has 0 heterocycles. The van der Waals surface area contributed by atoms with Crippen LogP contribution in [-0.2, 0) is 6.54 Å². The Hall–Kier alpha value is -1.02. The van der Waals surface area contributed by atoms with Crippen LogP contribution < -0.4 is 5.32 Å². The van der Waals surface area contributed by atoms with Gasteiger partial charge in [-0.2, -0.15) is 0 Å². The second kappa shape index (κ2) is 6.24. The Morgan fingerprint density at radius 1 is 1.22 bits per heavy atom. The molecule has 0 bridgehead atoms. The second-order valence-electron chi connectivity index (χ2n) is 5.74. The highest BCUT2D eigenvalue weighted by molar-refractivity contribution is 5.52. The van der Waals surface area contributed by atoms with Crippen LogP contribution in [-0.4, -0.2) is 25.0 Å². The second-order valence-corrected chi connectivity index (χ2v) is 5.74. The maximum atomic E-state index is 3.79. The normalized spacial score (nSPS) is 23.6. The Bertz CT molecular complexity index is 373. The Balaban J connectivity index is 2.08. The third-order valence-electron chi connectivity index (χ3n) is 4.03. The average molecular weight is 246 g/mol. The molecule has 2 atom stereocenters. The molecule has 2 heteroatoms. The van der Waals surface area contributed by atoms with Gasteiger partial charge in [0, 0.05) is 18.3 Å². The minimum atomic E-state index is 0.679. The van der Waals surface area contributed by atoms with E-state index in [0.717, 1.165) is 12.5 Å². The maximum Gasteiger partial charge on any atom is 0.0388 e. The molecule has 100 valence electrons. The quantitative estimate of drug-likeness (QED) is 0.851. The van der Waals surface area contributed by atoms with Gasteiger partial charge in [0.1, 0.15) is 0 Å². The molecule has 0 aromatic heterocycles. The Morgan fingerprint density at radius 3 is 2.72 bits per heavy atom. The van der Waals surface area contributed by atoms with Gasteiger partial charge in [0.05, 0.1) is 0 Å². The lowest BCUT2D eigenvalue weighted by Gasteiger charge is -2.23. The van der Waals surface area contributed by atoms with Gasteiger partial charge in [-0.3, -0.25) is 0 Å². The number of nitrogens with zero attached hydrogens (tertiary/aromatic N) is 1. The number of para-hydroxylation sites is 1. The van der Waals surface area contributed by atoms with E-state index in [0.29, 0.717) is 6.04 Å². The first-order valence-corrected chi connectivity index (χ1v) is 7.20. The molecule has 1 aliphatic rings. The van der Waals surface area contributed by atoms with Crippen LogP contribution in [0.2, 0.25) is 0 Å². The molecular formula is C16H26N2. The van der Waals surface area contributed by atoms with Crippen molar-refractivity contribution in [2.24, 2.45) is 5.92 Å². The van der Waals surface area contributed by atoms with Gasteiger partial charge >= 0.3 is 0 Å². The molecule has 1 fully saturated rings. The van der Waals surface area contributed by atoms with E-state index in [1.54, 1.807) is 0 Å². The van der Waals surface area contributed by atoms with Crippen molar-refractivity contribution in [3.05, 3.63) is 29.8 Å². The van der Waals surface area contributed by atoms with E-state index >= 15 is 0 Å². The number of benzene rings is 1. The third kappa shape index (κ3) is 3.26. The van der Waals surface area contributed by atoms with Gasteiger partial charge in [-0.25, -0.2) is 0 Å². The van der Waals surface area contributed by atoms with Crippen LogP contribution in [0.1, 0.15) is 38.2 Å². The standard InChI is InChI=1S/C16H26N2/c1-4-13-9-7-11-15(13)17-16-10-6-5-8-14(16)12-18(2)3/h5-6,8,10,13,15,17H,4,7,9,11-12H2,1-3H3. The SMILES string of the molecule is CCC1CCCC1Nc1ccccc1CN(C)C. The Kier molecular flexibility index (Phi) is 4.65. The molecule has 0 radical (unpaired) electrons. The molecule has 0 saturated heterocycles. The molecule has 18 heavy (non-hydrogen) atoms. The summed E-state index contributed by atoms with van der Waals surface area (Å²) < 4.78 is 0. The first-order valence-electron chi connectivity index (χ1n) is 7.20. The fraction of sp³-hybridized carbons (Fsp3) is 0.625. The minimum absolute atomic E-state index is 0.679. The van der Waals surface area contributed by atoms with Gasteiger partial charge in [-0.1, -0.05) is 38.0 Å². The fourth-order valence-electron chi connectivity index (χ4n) is 3.05. The van der Waals surface area contributed by atoms with Gasteiger partial charge in [0.25, 0.3) is 0 Å². The average Bonchev–Trinajstić information content (AvgIpc) is 2.78. The molecule has 1 N–H and O–H groups in total. The van der Waals surface area contributed by atoms with Crippen molar-refractivity contribution in [2.75, 3.05) is 19.4 Å². The minimum Gasteiger partial charge on any atom is -0.382 e. The molecule has 0 spiro atoms. The molecule has 1 aliphatic carbocycles. The summed E-state index contributed by atoms with van der Waals surface area (Å²) in [5.41, 5.74) is 2.74. The highest BCUT2D eigenvalue weighted by Crippen LogP contribution is 2.31. The van der Waals surface area contributed by atoms with Crippen LogP contribution in [0.15, 0.2) is 24.3 Å². The van der Waals surface area contributed by atoms with Crippen molar-refractivity contribution in [3.8, 4) is 0 Å².